The molecule has 84 valence electrons. The summed E-state index contributed by atoms with van der Waals surface area (Å²) in [5, 5.41) is 11.7. The highest BCUT2D eigenvalue weighted by atomic mass is 32.1. The maximum atomic E-state index is 11.7. The molecule has 3 nitrogen and oxygen atoms in total. The second-order valence-electron chi connectivity index (χ2n) is 4.10. The van der Waals surface area contributed by atoms with Crippen molar-refractivity contribution in [3.8, 4) is 6.07 Å². The highest BCUT2D eigenvalue weighted by Crippen LogP contribution is 2.45. The van der Waals surface area contributed by atoms with E-state index in [0.29, 0.717) is 19.4 Å². The number of rotatable bonds is 4. The quantitative estimate of drug-likeness (QED) is 0.868. The lowest BCUT2D eigenvalue weighted by Gasteiger charge is -2.06. The van der Waals surface area contributed by atoms with Gasteiger partial charge >= 0.3 is 0 Å². The summed E-state index contributed by atoms with van der Waals surface area (Å²) < 4.78 is 0. The monoisotopic (exact) mass is 234 g/mol. The lowest BCUT2D eigenvalue weighted by Crippen LogP contribution is -2.30. The first-order valence-electron chi connectivity index (χ1n) is 5.47. The van der Waals surface area contributed by atoms with Gasteiger partial charge in [0.2, 0.25) is 5.91 Å². The maximum Gasteiger partial charge on any atom is 0.240 e. The standard InChI is InChI=1S/C12H14N2OS/c1-2-9-3-4-10(16-9)7-14-11(15)12(8-13)5-6-12/h3-4H,2,5-7H2,1H3,(H,14,15). The van der Waals surface area contributed by atoms with E-state index in [2.05, 4.69) is 24.4 Å². The zero-order valence-corrected chi connectivity index (χ0v) is 10.1. The van der Waals surface area contributed by atoms with Crippen LogP contribution in [0.5, 0.6) is 0 Å². The zero-order chi connectivity index (χ0) is 11.6. The number of nitrogens with one attached hydrogen (secondary N) is 1. The predicted molar refractivity (Wildman–Crippen MR) is 62.8 cm³/mol. The fourth-order valence-electron chi connectivity index (χ4n) is 1.56. The van der Waals surface area contributed by atoms with Crippen molar-refractivity contribution in [1.82, 2.24) is 5.32 Å². The van der Waals surface area contributed by atoms with Crippen molar-refractivity contribution in [2.45, 2.75) is 32.7 Å². The molecule has 16 heavy (non-hydrogen) atoms. The molecule has 0 spiro atoms. The Morgan fingerprint density at radius 1 is 1.56 bits per heavy atom. The molecule has 1 aromatic rings. The third kappa shape index (κ3) is 2.10. The topological polar surface area (TPSA) is 52.9 Å². The summed E-state index contributed by atoms with van der Waals surface area (Å²) >= 11 is 1.72. The number of carbonyl (C=O) groups is 1. The molecule has 1 fully saturated rings. The summed E-state index contributed by atoms with van der Waals surface area (Å²) in [6, 6.07) is 6.22. The van der Waals surface area contributed by atoms with Crippen molar-refractivity contribution in [2.24, 2.45) is 5.41 Å². The van der Waals surface area contributed by atoms with Gasteiger partial charge in [0.15, 0.2) is 0 Å². The summed E-state index contributed by atoms with van der Waals surface area (Å²) in [7, 11) is 0. The molecule has 0 radical (unpaired) electrons. The van der Waals surface area contributed by atoms with Gasteiger partial charge in [-0.15, -0.1) is 11.3 Å². The number of thiophene rings is 1. The highest BCUT2D eigenvalue weighted by Gasteiger charge is 2.50. The molecule has 0 unspecified atom stereocenters. The molecule has 1 aromatic heterocycles. The minimum Gasteiger partial charge on any atom is -0.350 e. The van der Waals surface area contributed by atoms with Gasteiger partial charge in [0.05, 0.1) is 12.6 Å². The van der Waals surface area contributed by atoms with Crippen LogP contribution in [0.2, 0.25) is 0 Å². The summed E-state index contributed by atoms with van der Waals surface area (Å²) in [5.74, 6) is -0.110. The van der Waals surface area contributed by atoms with Crippen molar-refractivity contribution in [2.75, 3.05) is 0 Å². The average Bonchev–Trinajstić information content (AvgIpc) is 2.98. The molecule has 0 aromatic carbocycles. The summed E-state index contributed by atoms with van der Waals surface area (Å²) in [5.41, 5.74) is -0.704. The molecular weight excluding hydrogens is 220 g/mol. The number of carbonyl (C=O) groups excluding carboxylic acids is 1. The molecule has 1 heterocycles. The number of amides is 1. The third-order valence-electron chi connectivity index (χ3n) is 2.89. The zero-order valence-electron chi connectivity index (χ0n) is 9.25. The van der Waals surface area contributed by atoms with E-state index in [1.54, 1.807) is 11.3 Å². The molecule has 1 aliphatic rings. The van der Waals surface area contributed by atoms with E-state index in [0.717, 1.165) is 11.3 Å². The fourth-order valence-corrected chi connectivity index (χ4v) is 2.46. The van der Waals surface area contributed by atoms with Gasteiger partial charge in [-0.25, -0.2) is 0 Å². The smallest absolute Gasteiger partial charge is 0.240 e. The van der Waals surface area contributed by atoms with Crippen molar-refractivity contribution >= 4 is 17.2 Å². The Morgan fingerprint density at radius 3 is 2.75 bits per heavy atom. The van der Waals surface area contributed by atoms with Crippen molar-refractivity contribution in [3.63, 3.8) is 0 Å². The van der Waals surface area contributed by atoms with E-state index in [1.165, 1.54) is 4.88 Å². The van der Waals surface area contributed by atoms with E-state index < -0.39 is 5.41 Å². The lowest BCUT2D eigenvalue weighted by molar-refractivity contribution is -0.124. The van der Waals surface area contributed by atoms with Gasteiger partial charge in [-0.1, -0.05) is 6.92 Å². The molecule has 1 N–H and O–H groups in total. The molecule has 0 saturated heterocycles. The third-order valence-corrected chi connectivity index (χ3v) is 4.12. The first kappa shape index (κ1) is 11.2. The molecule has 1 aliphatic carbocycles. The molecule has 2 rings (SSSR count). The number of nitrogens with zero attached hydrogens (tertiary/aromatic N) is 1. The Morgan fingerprint density at radius 2 is 2.25 bits per heavy atom. The highest BCUT2D eigenvalue weighted by molar-refractivity contribution is 7.11. The van der Waals surface area contributed by atoms with Crippen LogP contribution >= 0.6 is 11.3 Å². The Kier molecular flexibility index (Phi) is 2.97. The maximum absolute atomic E-state index is 11.7. The van der Waals surface area contributed by atoms with Crippen LogP contribution in [0.4, 0.5) is 0 Å². The number of hydrogen-bond donors (Lipinski definition) is 1. The lowest BCUT2D eigenvalue weighted by atomic mass is 10.1. The predicted octanol–water partition coefficient (Wildman–Crippen LogP) is 2.23. The first-order chi connectivity index (χ1) is 7.70. The van der Waals surface area contributed by atoms with Crippen molar-refractivity contribution in [1.29, 1.82) is 5.26 Å². The van der Waals surface area contributed by atoms with Crippen LogP contribution in [0, 0.1) is 16.7 Å². The van der Waals surface area contributed by atoms with E-state index in [1.807, 2.05) is 6.07 Å². The van der Waals surface area contributed by atoms with Crippen molar-refractivity contribution < 1.29 is 4.79 Å². The van der Waals surface area contributed by atoms with Gasteiger partial charge in [-0.2, -0.15) is 5.26 Å². The van der Waals surface area contributed by atoms with E-state index in [4.69, 9.17) is 5.26 Å². The first-order valence-corrected chi connectivity index (χ1v) is 6.29. The van der Waals surface area contributed by atoms with Crippen LogP contribution < -0.4 is 5.32 Å². The van der Waals surface area contributed by atoms with Gasteiger partial charge in [0.25, 0.3) is 0 Å². The summed E-state index contributed by atoms with van der Waals surface area (Å²) in [4.78, 5) is 14.2. The Hall–Kier alpha value is -1.34. The Labute approximate surface area is 99.1 Å². The molecule has 1 saturated carbocycles. The molecule has 4 heteroatoms. The van der Waals surface area contributed by atoms with Gasteiger partial charge in [-0.05, 0) is 31.4 Å². The normalized spacial score (nSPS) is 16.5. The second kappa shape index (κ2) is 4.26. The van der Waals surface area contributed by atoms with Crippen LogP contribution in [0.25, 0.3) is 0 Å². The SMILES string of the molecule is CCc1ccc(CNC(=O)C2(C#N)CC2)s1. The number of aryl methyl sites for hydroxylation is 1. The molecule has 0 aliphatic heterocycles. The minimum atomic E-state index is -0.704. The Bertz CT molecular complexity index is 440. The van der Waals surface area contributed by atoms with Crippen LogP contribution in [0.1, 0.15) is 29.5 Å². The number of hydrogen-bond acceptors (Lipinski definition) is 3. The van der Waals surface area contributed by atoms with Gasteiger partial charge in [0.1, 0.15) is 5.41 Å². The van der Waals surface area contributed by atoms with Gasteiger partial charge in [0, 0.05) is 9.75 Å². The minimum absolute atomic E-state index is 0.110. The van der Waals surface area contributed by atoms with Crippen LogP contribution in [0.3, 0.4) is 0 Å². The summed E-state index contributed by atoms with van der Waals surface area (Å²) in [6.45, 7) is 2.66. The fraction of sp³-hybridized carbons (Fsp3) is 0.500. The van der Waals surface area contributed by atoms with E-state index in [-0.39, 0.29) is 5.91 Å². The van der Waals surface area contributed by atoms with Crippen LogP contribution in [-0.4, -0.2) is 5.91 Å². The molecule has 0 bridgehead atoms. The second-order valence-corrected chi connectivity index (χ2v) is 5.35. The van der Waals surface area contributed by atoms with Crippen molar-refractivity contribution in [3.05, 3.63) is 21.9 Å². The largest absolute Gasteiger partial charge is 0.350 e. The molecule has 1 amide bonds. The van der Waals surface area contributed by atoms with E-state index >= 15 is 0 Å². The molecular formula is C12H14N2OS. The average molecular weight is 234 g/mol. The van der Waals surface area contributed by atoms with Gasteiger partial charge in [-0.3, -0.25) is 4.79 Å². The molecule has 0 atom stereocenters. The van der Waals surface area contributed by atoms with Crippen LogP contribution in [-0.2, 0) is 17.8 Å². The van der Waals surface area contributed by atoms with Crippen LogP contribution in [0.15, 0.2) is 12.1 Å². The number of nitriles is 1. The summed E-state index contributed by atoms with van der Waals surface area (Å²) in [6.07, 6.45) is 2.45. The van der Waals surface area contributed by atoms with Gasteiger partial charge < -0.3 is 5.32 Å². The Balaban J connectivity index is 1.88. The van der Waals surface area contributed by atoms with E-state index in [9.17, 15) is 4.79 Å².